The molecule has 25 heavy (non-hydrogen) atoms. The van der Waals surface area contributed by atoms with Crippen LogP contribution in [0, 0.1) is 10.1 Å². The molecule has 0 spiro atoms. The summed E-state index contributed by atoms with van der Waals surface area (Å²) < 4.78 is 1.56. The van der Waals surface area contributed by atoms with E-state index in [4.69, 9.17) is 0 Å². The molecule has 0 fully saturated rings. The number of carbonyl (C=O) groups is 1. The van der Waals surface area contributed by atoms with Crippen molar-refractivity contribution in [2.75, 3.05) is 6.54 Å². The van der Waals surface area contributed by atoms with Gasteiger partial charge in [0.2, 0.25) is 0 Å². The SMILES string of the molecule is O=C(c1ccc(-n2ccnc2)c([N+](=O)[O-])c1)N1CCc2sccc2C1. The maximum atomic E-state index is 12.8. The molecule has 1 aromatic carbocycles. The summed E-state index contributed by atoms with van der Waals surface area (Å²) in [5, 5.41) is 13.5. The highest BCUT2D eigenvalue weighted by molar-refractivity contribution is 7.10. The number of benzene rings is 1. The number of amides is 1. The molecule has 0 bridgehead atoms. The number of hydrogen-bond acceptors (Lipinski definition) is 5. The second-order valence-electron chi connectivity index (χ2n) is 5.78. The van der Waals surface area contributed by atoms with E-state index in [1.807, 2.05) is 11.4 Å². The Morgan fingerprint density at radius 1 is 1.32 bits per heavy atom. The summed E-state index contributed by atoms with van der Waals surface area (Å²) >= 11 is 1.71. The normalized spacial score (nSPS) is 13.5. The van der Waals surface area contributed by atoms with Gasteiger partial charge in [-0.25, -0.2) is 4.98 Å². The lowest BCUT2D eigenvalue weighted by Gasteiger charge is -2.27. The fourth-order valence-corrected chi connectivity index (χ4v) is 3.92. The molecule has 2 aromatic heterocycles. The Kier molecular flexibility index (Phi) is 3.81. The fourth-order valence-electron chi connectivity index (χ4n) is 3.03. The third-order valence-corrected chi connectivity index (χ3v) is 5.32. The summed E-state index contributed by atoms with van der Waals surface area (Å²) in [5.41, 5.74) is 1.76. The first-order valence-corrected chi connectivity index (χ1v) is 8.63. The Balaban J connectivity index is 1.66. The van der Waals surface area contributed by atoms with Gasteiger partial charge in [-0.2, -0.15) is 0 Å². The molecule has 0 aliphatic carbocycles. The molecule has 8 heteroatoms. The van der Waals surface area contributed by atoms with Crippen molar-refractivity contribution < 1.29 is 9.72 Å². The van der Waals surface area contributed by atoms with E-state index in [2.05, 4.69) is 4.98 Å². The van der Waals surface area contributed by atoms with Gasteiger partial charge in [0.25, 0.3) is 11.6 Å². The number of fused-ring (bicyclic) bond motifs is 1. The van der Waals surface area contributed by atoms with Crippen LogP contribution in [0.25, 0.3) is 5.69 Å². The van der Waals surface area contributed by atoms with Crippen LogP contribution in [0.1, 0.15) is 20.8 Å². The molecule has 0 saturated carbocycles. The van der Waals surface area contributed by atoms with Crippen LogP contribution in [0.2, 0.25) is 0 Å². The smallest absolute Gasteiger partial charge is 0.294 e. The average Bonchev–Trinajstić information content (AvgIpc) is 3.31. The van der Waals surface area contributed by atoms with E-state index in [9.17, 15) is 14.9 Å². The minimum atomic E-state index is -0.473. The summed E-state index contributed by atoms with van der Waals surface area (Å²) in [7, 11) is 0. The topological polar surface area (TPSA) is 81.3 Å². The molecule has 0 radical (unpaired) electrons. The quantitative estimate of drug-likeness (QED) is 0.535. The zero-order valence-corrected chi connectivity index (χ0v) is 14.0. The number of nitro groups is 1. The molecule has 1 aliphatic heterocycles. The first kappa shape index (κ1) is 15.5. The number of nitro benzene ring substituents is 1. The summed E-state index contributed by atoms with van der Waals surface area (Å²) in [6.07, 6.45) is 5.50. The van der Waals surface area contributed by atoms with Gasteiger partial charge in [-0.3, -0.25) is 14.9 Å². The number of imidazole rings is 1. The van der Waals surface area contributed by atoms with Crippen LogP contribution in [-0.4, -0.2) is 31.8 Å². The number of aromatic nitrogens is 2. The first-order chi connectivity index (χ1) is 12.1. The molecule has 3 aromatic rings. The maximum Gasteiger partial charge on any atom is 0.294 e. The van der Waals surface area contributed by atoms with Crippen LogP contribution in [0.3, 0.4) is 0 Å². The van der Waals surface area contributed by atoms with E-state index in [0.717, 1.165) is 12.0 Å². The van der Waals surface area contributed by atoms with E-state index < -0.39 is 4.92 Å². The van der Waals surface area contributed by atoms with Crippen LogP contribution in [0.15, 0.2) is 48.4 Å². The van der Waals surface area contributed by atoms with Gasteiger partial charge < -0.3 is 9.47 Å². The molecule has 3 heterocycles. The third kappa shape index (κ3) is 2.80. The van der Waals surface area contributed by atoms with E-state index >= 15 is 0 Å². The van der Waals surface area contributed by atoms with Crippen molar-refractivity contribution in [2.45, 2.75) is 13.0 Å². The van der Waals surface area contributed by atoms with Crippen molar-refractivity contribution in [3.8, 4) is 5.69 Å². The lowest BCUT2D eigenvalue weighted by atomic mass is 10.1. The zero-order valence-electron chi connectivity index (χ0n) is 13.2. The minimum Gasteiger partial charge on any atom is -0.334 e. The highest BCUT2D eigenvalue weighted by Gasteiger charge is 2.25. The summed E-state index contributed by atoms with van der Waals surface area (Å²) in [5.74, 6) is -0.183. The Labute approximate surface area is 147 Å². The van der Waals surface area contributed by atoms with E-state index in [1.165, 1.54) is 17.3 Å². The number of rotatable bonds is 3. The van der Waals surface area contributed by atoms with Gasteiger partial charge in [-0.15, -0.1) is 11.3 Å². The standard InChI is InChI=1S/C17H14N4O3S/c22-17(19-6-3-16-13(10-19)4-8-25-16)12-1-2-14(15(9-12)21(23)24)20-7-5-18-11-20/h1-2,4-5,7-9,11H,3,6,10H2. The van der Waals surface area contributed by atoms with Crippen LogP contribution < -0.4 is 0 Å². The minimum absolute atomic E-state index is 0.114. The van der Waals surface area contributed by atoms with Crippen molar-refractivity contribution in [2.24, 2.45) is 0 Å². The summed E-state index contributed by atoms with van der Waals surface area (Å²) in [6.45, 7) is 1.18. The van der Waals surface area contributed by atoms with Crippen LogP contribution in [0.5, 0.6) is 0 Å². The molecule has 0 saturated heterocycles. The molecular weight excluding hydrogens is 340 g/mol. The second-order valence-corrected chi connectivity index (χ2v) is 6.78. The first-order valence-electron chi connectivity index (χ1n) is 7.75. The average molecular weight is 354 g/mol. The predicted octanol–water partition coefficient (Wildman–Crippen LogP) is 3.04. The molecule has 1 aliphatic rings. The van der Waals surface area contributed by atoms with Crippen LogP contribution in [-0.2, 0) is 13.0 Å². The van der Waals surface area contributed by atoms with Gasteiger partial charge in [0.1, 0.15) is 5.69 Å². The monoisotopic (exact) mass is 354 g/mol. The lowest BCUT2D eigenvalue weighted by Crippen LogP contribution is -2.35. The predicted molar refractivity (Wildman–Crippen MR) is 93.0 cm³/mol. The summed E-state index contributed by atoms with van der Waals surface area (Å²) in [6, 6.07) is 6.60. The Bertz CT molecular complexity index is 949. The van der Waals surface area contributed by atoms with Gasteiger partial charge in [0, 0.05) is 42.0 Å². The molecule has 4 rings (SSSR count). The third-order valence-electron chi connectivity index (χ3n) is 4.30. The van der Waals surface area contributed by atoms with Crippen molar-refractivity contribution in [3.05, 3.63) is 74.5 Å². The van der Waals surface area contributed by atoms with Crippen molar-refractivity contribution >= 4 is 22.9 Å². The Morgan fingerprint density at radius 3 is 2.96 bits per heavy atom. The molecule has 1 amide bonds. The van der Waals surface area contributed by atoms with Gasteiger partial charge >= 0.3 is 0 Å². The summed E-state index contributed by atoms with van der Waals surface area (Å²) in [4.78, 5) is 30.7. The Morgan fingerprint density at radius 2 is 2.20 bits per heavy atom. The van der Waals surface area contributed by atoms with Gasteiger partial charge in [-0.05, 0) is 35.6 Å². The zero-order chi connectivity index (χ0) is 17.4. The Hall–Kier alpha value is -3.00. The highest BCUT2D eigenvalue weighted by atomic mass is 32.1. The van der Waals surface area contributed by atoms with Gasteiger partial charge in [0.05, 0.1) is 11.3 Å². The van der Waals surface area contributed by atoms with E-state index in [1.54, 1.807) is 45.3 Å². The number of thiophene rings is 1. The number of hydrogen-bond donors (Lipinski definition) is 0. The van der Waals surface area contributed by atoms with Crippen LogP contribution in [0.4, 0.5) is 5.69 Å². The number of carbonyl (C=O) groups excluding carboxylic acids is 1. The maximum absolute atomic E-state index is 12.8. The second kappa shape index (κ2) is 6.14. The molecular formula is C17H14N4O3S. The van der Waals surface area contributed by atoms with Gasteiger partial charge in [-0.1, -0.05) is 0 Å². The highest BCUT2D eigenvalue weighted by Crippen LogP contribution is 2.28. The fraction of sp³-hybridized carbons (Fsp3) is 0.176. The van der Waals surface area contributed by atoms with Crippen molar-refractivity contribution in [1.29, 1.82) is 0 Å². The van der Waals surface area contributed by atoms with Crippen molar-refractivity contribution in [1.82, 2.24) is 14.5 Å². The molecule has 126 valence electrons. The largest absolute Gasteiger partial charge is 0.334 e. The molecule has 0 atom stereocenters. The van der Waals surface area contributed by atoms with Crippen molar-refractivity contribution in [3.63, 3.8) is 0 Å². The van der Waals surface area contributed by atoms with E-state index in [-0.39, 0.29) is 11.6 Å². The van der Waals surface area contributed by atoms with Crippen LogP contribution >= 0.6 is 11.3 Å². The molecule has 7 nitrogen and oxygen atoms in total. The molecule has 0 N–H and O–H groups in total. The van der Waals surface area contributed by atoms with E-state index in [0.29, 0.717) is 24.3 Å². The number of nitrogens with zero attached hydrogens (tertiary/aromatic N) is 4. The lowest BCUT2D eigenvalue weighted by molar-refractivity contribution is -0.384. The molecule has 0 unspecified atom stereocenters. The van der Waals surface area contributed by atoms with Gasteiger partial charge in [0.15, 0.2) is 0 Å².